The van der Waals surface area contributed by atoms with Gasteiger partial charge in [0.05, 0.1) is 5.02 Å². The first-order valence-corrected chi connectivity index (χ1v) is 7.09. The van der Waals surface area contributed by atoms with E-state index in [0.717, 1.165) is 30.4 Å². The van der Waals surface area contributed by atoms with Gasteiger partial charge in [0.15, 0.2) is 0 Å². The molecule has 1 aromatic rings. The zero-order valence-corrected chi connectivity index (χ0v) is 11.4. The first-order valence-electron chi connectivity index (χ1n) is 6.71. The minimum atomic E-state index is -0.295. The normalized spacial score (nSPS) is 33.5. The van der Waals surface area contributed by atoms with E-state index in [2.05, 4.69) is 5.32 Å². The van der Waals surface area contributed by atoms with Crippen LogP contribution in [0, 0.1) is 23.1 Å². The molecule has 0 radical (unpaired) electrons. The van der Waals surface area contributed by atoms with Gasteiger partial charge in [-0.2, -0.15) is 0 Å². The number of rotatable bonds is 4. The number of halogens is 2. The summed E-state index contributed by atoms with van der Waals surface area (Å²) in [7, 11) is 2.00. The SMILES string of the molecule is CNCC1(Cc2cccc(F)c2Cl)CC2CC2C1. The molecule has 2 saturated carbocycles. The van der Waals surface area contributed by atoms with Gasteiger partial charge >= 0.3 is 0 Å². The van der Waals surface area contributed by atoms with Gasteiger partial charge in [-0.15, -0.1) is 0 Å². The van der Waals surface area contributed by atoms with Crippen molar-refractivity contribution in [1.29, 1.82) is 0 Å². The largest absolute Gasteiger partial charge is 0.319 e. The highest BCUT2D eigenvalue weighted by molar-refractivity contribution is 6.31. The van der Waals surface area contributed by atoms with Gasteiger partial charge in [-0.25, -0.2) is 4.39 Å². The fraction of sp³-hybridized carbons (Fsp3) is 0.600. The molecule has 2 atom stereocenters. The smallest absolute Gasteiger partial charge is 0.142 e. The van der Waals surface area contributed by atoms with Crippen molar-refractivity contribution >= 4 is 11.6 Å². The maximum Gasteiger partial charge on any atom is 0.142 e. The third-order valence-corrected chi connectivity index (χ3v) is 5.03. The van der Waals surface area contributed by atoms with Gasteiger partial charge in [-0.3, -0.25) is 0 Å². The molecule has 0 aromatic heterocycles. The zero-order chi connectivity index (χ0) is 12.8. The van der Waals surface area contributed by atoms with E-state index in [9.17, 15) is 4.39 Å². The van der Waals surface area contributed by atoms with E-state index in [-0.39, 0.29) is 5.82 Å². The lowest BCUT2D eigenvalue weighted by Gasteiger charge is -2.31. The van der Waals surface area contributed by atoms with Gasteiger partial charge in [-0.1, -0.05) is 23.7 Å². The summed E-state index contributed by atoms with van der Waals surface area (Å²) < 4.78 is 13.5. The van der Waals surface area contributed by atoms with Crippen LogP contribution < -0.4 is 5.32 Å². The summed E-state index contributed by atoms with van der Waals surface area (Å²) >= 11 is 6.09. The van der Waals surface area contributed by atoms with Crippen LogP contribution in [-0.2, 0) is 6.42 Å². The first-order chi connectivity index (χ1) is 8.63. The van der Waals surface area contributed by atoms with Crippen molar-refractivity contribution in [3.05, 3.63) is 34.6 Å². The molecule has 0 heterocycles. The molecule has 2 unspecified atom stereocenters. The Kier molecular flexibility index (Phi) is 3.11. The molecule has 0 spiro atoms. The standard InChI is InChI=1S/C15H19ClFN/c1-18-9-15(7-11-5-12(11)8-15)6-10-3-2-4-13(17)14(10)16/h2-4,11-12,18H,5-9H2,1H3. The molecule has 1 aromatic carbocycles. The first kappa shape index (κ1) is 12.4. The summed E-state index contributed by atoms with van der Waals surface area (Å²) in [5.41, 5.74) is 1.26. The maximum atomic E-state index is 13.5. The third kappa shape index (κ3) is 2.17. The molecular formula is C15H19ClFN. The third-order valence-electron chi connectivity index (χ3n) is 4.61. The molecule has 18 heavy (non-hydrogen) atoms. The highest BCUT2D eigenvalue weighted by atomic mass is 35.5. The molecule has 2 fully saturated rings. The van der Waals surface area contributed by atoms with Crippen molar-refractivity contribution in [3.8, 4) is 0 Å². The van der Waals surface area contributed by atoms with Gasteiger partial charge in [0, 0.05) is 6.54 Å². The fourth-order valence-electron chi connectivity index (χ4n) is 3.82. The summed E-state index contributed by atoms with van der Waals surface area (Å²) in [4.78, 5) is 0. The molecule has 0 saturated heterocycles. The number of hydrogen-bond donors (Lipinski definition) is 1. The Morgan fingerprint density at radius 3 is 2.78 bits per heavy atom. The van der Waals surface area contributed by atoms with E-state index in [1.54, 1.807) is 6.07 Å². The Bertz CT molecular complexity index is 450. The van der Waals surface area contributed by atoms with Crippen molar-refractivity contribution in [2.45, 2.75) is 25.7 Å². The summed E-state index contributed by atoms with van der Waals surface area (Å²) in [5.74, 6) is 1.55. The number of fused-ring (bicyclic) bond motifs is 1. The highest BCUT2D eigenvalue weighted by Crippen LogP contribution is 2.60. The van der Waals surface area contributed by atoms with E-state index >= 15 is 0 Å². The minimum absolute atomic E-state index is 0.291. The van der Waals surface area contributed by atoms with Crippen LogP contribution in [0.1, 0.15) is 24.8 Å². The van der Waals surface area contributed by atoms with Gasteiger partial charge in [0.2, 0.25) is 0 Å². The summed E-state index contributed by atoms with van der Waals surface area (Å²) in [6, 6.07) is 5.16. The van der Waals surface area contributed by atoms with Crippen LogP contribution in [0.4, 0.5) is 4.39 Å². The molecule has 0 bridgehead atoms. The Hall–Kier alpha value is -0.600. The minimum Gasteiger partial charge on any atom is -0.319 e. The number of nitrogens with one attached hydrogen (secondary N) is 1. The maximum absolute atomic E-state index is 13.5. The number of hydrogen-bond acceptors (Lipinski definition) is 1. The Balaban J connectivity index is 1.82. The average molecular weight is 268 g/mol. The van der Waals surface area contributed by atoms with E-state index < -0.39 is 0 Å². The second-order valence-corrected chi connectivity index (χ2v) is 6.46. The van der Waals surface area contributed by atoms with Crippen molar-refractivity contribution in [3.63, 3.8) is 0 Å². The van der Waals surface area contributed by atoms with Gasteiger partial charge in [-0.05, 0) is 61.6 Å². The van der Waals surface area contributed by atoms with E-state index in [1.165, 1.54) is 25.3 Å². The monoisotopic (exact) mass is 267 g/mol. The lowest BCUT2D eigenvalue weighted by Crippen LogP contribution is -2.33. The molecule has 98 valence electrons. The highest BCUT2D eigenvalue weighted by Gasteiger charge is 2.53. The summed E-state index contributed by atoms with van der Waals surface area (Å²) in [6.45, 7) is 1.01. The number of benzene rings is 1. The molecule has 1 nitrogen and oxygen atoms in total. The van der Waals surface area contributed by atoms with Crippen LogP contribution in [-0.4, -0.2) is 13.6 Å². The van der Waals surface area contributed by atoms with Crippen LogP contribution in [0.3, 0.4) is 0 Å². The van der Waals surface area contributed by atoms with Crippen LogP contribution in [0.25, 0.3) is 0 Å². The van der Waals surface area contributed by atoms with Crippen molar-refractivity contribution in [1.82, 2.24) is 5.32 Å². The van der Waals surface area contributed by atoms with Crippen LogP contribution >= 0.6 is 11.6 Å². The molecule has 2 aliphatic carbocycles. The van der Waals surface area contributed by atoms with E-state index in [1.807, 2.05) is 13.1 Å². The van der Waals surface area contributed by atoms with Crippen molar-refractivity contribution in [2.75, 3.05) is 13.6 Å². The molecule has 3 rings (SSSR count). The summed E-state index contributed by atoms with van der Waals surface area (Å²) in [5, 5.41) is 3.62. The predicted molar refractivity (Wildman–Crippen MR) is 72.3 cm³/mol. The molecule has 3 heteroatoms. The fourth-order valence-corrected chi connectivity index (χ4v) is 4.01. The second-order valence-electron chi connectivity index (χ2n) is 6.08. The van der Waals surface area contributed by atoms with Gasteiger partial charge in [0.25, 0.3) is 0 Å². The average Bonchev–Trinajstić information content (AvgIpc) is 2.94. The lowest BCUT2D eigenvalue weighted by atomic mass is 9.77. The van der Waals surface area contributed by atoms with E-state index in [4.69, 9.17) is 11.6 Å². The summed E-state index contributed by atoms with van der Waals surface area (Å²) in [6.07, 6.45) is 4.84. The van der Waals surface area contributed by atoms with Crippen LogP contribution in [0.15, 0.2) is 18.2 Å². The lowest BCUT2D eigenvalue weighted by molar-refractivity contribution is 0.255. The quantitative estimate of drug-likeness (QED) is 0.878. The topological polar surface area (TPSA) is 12.0 Å². The molecule has 2 aliphatic rings. The Morgan fingerprint density at radius 2 is 2.11 bits per heavy atom. The van der Waals surface area contributed by atoms with Gasteiger partial charge < -0.3 is 5.32 Å². The molecule has 0 amide bonds. The van der Waals surface area contributed by atoms with Crippen LogP contribution in [0.2, 0.25) is 5.02 Å². The molecular weight excluding hydrogens is 249 g/mol. The zero-order valence-electron chi connectivity index (χ0n) is 10.7. The van der Waals surface area contributed by atoms with Gasteiger partial charge in [0.1, 0.15) is 5.82 Å². The van der Waals surface area contributed by atoms with Crippen molar-refractivity contribution in [2.24, 2.45) is 17.3 Å². The van der Waals surface area contributed by atoms with Crippen LogP contribution in [0.5, 0.6) is 0 Å². The second kappa shape index (κ2) is 4.50. The molecule has 1 N–H and O–H groups in total. The predicted octanol–water partition coefficient (Wildman–Crippen LogP) is 3.66. The molecule has 0 aliphatic heterocycles. The van der Waals surface area contributed by atoms with Crippen molar-refractivity contribution < 1.29 is 4.39 Å². The Morgan fingerprint density at radius 1 is 1.39 bits per heavy atom. The van der Waals surface area contributed by atoms with E-state index in [0.29, 0.717) is 10.4 Å². The Labute approximate surface area is 113 Å².